The zero-order chi connectivity index (χ0) is 17.5. The molecule has 3 rings (SSSR count). The van der Waals surface area contributed by atoms with Crippen LogP contribution in [0, 0.1) is 0 Å². The summed E-state index contributed by atoms with van der Waals surface area (Å²) in [5.74, 6) is 2.27. The molecule has 1 N–H and O–H groups in total. The third kappa shape index (κ3) is 4.58. The van der Waals surface area contributed by atoms with E-state index in [0.29, 0.717) is 18.9 Å². The monoisotopic (exact) mass is 339 g/mol. The van der Waals surface area contributed by atoms with Crippen LogP contribution in [0.3, 0.4) is 0 Å². The van der Waals surface area contributed by atoms with Crippen LogP contribution < -0.4 is 9.47 Å². The van der Waals surface area contributed by atoms with E-state index in [2.05, 4.69) is 9.97 Å². The fourth-order valence-corrected chi connectivity index (χ4v) is 2.48. The molecule has 0 fully saturated rings. The fraction of sp³-hybridized carbons (Fsp3) is 0.263. The average Bonchev–Trinajstić information content (AvgIpc) is 3.10. The summed E-state index contributed by atoms with van der Waals surface area (Å²) >= 11 is 0. The Labute approximate surface area is 146 Å². The topological polar surface area (TPSA) is 69.4 Å². The Bertz CT molecular complexity index is 772. The van der Waals surface area contributed by atoms with Gasteiger partial charge in [-0.05, 0) is 43.3 Å². The van der Waals surface area contributed by atoms with Crippen LogP contribution >= 0.6 is 0 Å². The van der Waals surface area contributed by atoms with Crippen molar-refractivity contribution in [1.82, 2.24) is 14.5 Å². The number of rotatable bonds is 8. The van der Waals surface area contributed by atoms with Crippen molar-refractivity contribution >= 4 is 0 Å². The van der Waals surface area contributed by atoms with E-state index in [1.54, 1.807) is 18.6 Å². The van der Waals surface area contributed by atoms with Crippen LogP contribution in [0.1, 0.15) is 6.92 Å². The van der Waals surface area contributed by atoms with E-state index in [9.17, 15) is 5.11 Å². The lowest BCUT2D eigenvalue weighted by atomic mass is 10.2. The number of aliphatic hydroxyl groups is 1. The highest BCUT2D eigenvalue weighted by atomic mass is 16.5. The van der Waals surface area contributed by atoms with Crippen LogP contribution in [0.2, 0.25) is 0 Å². The van der Waals surface area contributed by atoms with Crippen LogP contribution in [-0.2, 0) is 6.54 Å². The van der Waals surface area contributed by atoms with Crippen LogP contribution in [0.4, 0.5) is 0 Å². The quantitative estimate of drug-likeness (QED) is 0.683. The maximum atomic E-state index is 10.3. The lowest BCUT2D eigenvalue weighted by Crippen LogP contribution is -2.23. The molecule has 0 spiro atoms. The fourth-order valence-electron chi connectivity index (χ4n) is 2.48. The first-order chi connectivity index (χ1) is 12.3. The summed E-state index contributed by atoms with van der Waals surface area (Å²) in [5.41, 5.74) is 0.909. The molecule has 1 atom stereocenters. The second kappa shape index (κ2) is 8.30. The first-order valence-corrected chi connectivity index (χ1v) is 8.21. The first kappa shape index (κ1) is 17.0. The highest BCUT2D eigenvalue weighted by Gasteiger charge is 2.11. The van der Waals surface area contributed by atoms with Crippen molar-refractivity contribution in [3.05, 3.63) is 61.2 Å². The maximum absolute atomic E-state index is 10.3. The molecule has 0 radical (unpaired) electrons. The minimum absolute atomic E-state index is 0.193. The largest absolute Gasteiger partial charge is 0.494 e. The molecule has 0 aliphatic rings. The Morgan fingerprint density at radius 1 is 1.08 bits per heavy atom. The lowest BCUT2D eigenvalue weighted by Gasteiger charge is -2.15. The summed E-state index contributed by atoms with van der Waals surface area (Å²) in [6, 6.07) is 11.2. The molecule has 1 aromatic carbocycles. The molecule has 0 saturated heterocycles. The summed E-state index contributed by atoms with van der Waals surface area (Å²) in [7, 11) is 0. The predicted octanol–water partition coefficient (Wildman–Crippen LogP) is 2.78. The molecule has 2 aromatic heterocycles. The predicted molar refractivity (Wildman–Crippen MR) is 94.6 cm³/mol. The lowest BCUT2D eigenvalue weighted by molar-refractivity contribution is 0.0928. The number of nitrogens with zero attached hydrogens (tertiary/aromatic N) is 3. The number of aromatic nitrogens is 3. The van der Waals surface area contributed by atoms with Crippen molar-refractivity contribution in [2.45, 2.75) is 19.6 Å². The molecule has 6 nitrogen and oxygen atoms in total. The van der Waals surface area contributed by atoms with E-state index in [-0.39, 0.29) is 6.61 Å². The van der Waals surface area contributed by atoms with Gasteiger partial charge in [0.2, 0.25) is 0 Å². The number of ether oxygens (including phenoxy) is 2. The van der Waals surface area contributed by atoms with Crippen molar-refractivity contribution in [2.24, 2.45) is 0 Å². The molecule has 0 aliphatic carbocycles. The molecule has 0 aliphatic heterocycles. The Balaban J connectivity index is 1.56. The average molecular weight is 339 g/mol. The van der Waals surface area contributed by atoms with Crippen LogP contribution in [-0.4, -0.2) is 39.0 Å². The van der Waals surface area contributed by atoms with Gasteiger partial charge in [0, 0.05) is 30.4 Å². The van der Waals surface area contributed by atoms with Gasteiger partial charge in [-0.3, -0.25) is 4.98 Å². The van der Waals surface area contributed by atoms with Crippen molar-refractivity contribution < 1.29 is 14.6 Å². The second-order valence-corrected chi connectivity index (χ2v) is 5.51. The molecule has 2 heterocycles. The number of hydrogen-bond acceptors (Lipinski definition) is 5. The van der Waals surface area contributed by atoms with Gasteiger partial charge in [0.05, 0.1) is 13.2 Å². The molecule has 0 saturated carbocycles. The van der Waals surface area contributed by atoms with Gasteiger partial charge >= 0.3 is 0 Å². The minimum Gasteiger partial charge on any atom is -0.494 e. The summed E-state index contributed by atoms with van der Waals surface area (Å²) < 4.78 is 12.9. The molecule has 6 heteroatoms. The SMILES string of the molecule is CCOc1ccc(OCC(O)Cn2ccnc2-c2cccnc2)cc1. The maximum Gasteiger partial charge on any atom is 0.141 e. The zero-order valence-electron chi connectivity index (χ0n) is 14.1. The Hall–Kier alpha value is -2.86. The third-order valence-corrected chi connectivity index (χ3v) is 3.62. The van der Waals surface area contributed by atoms with Gasteiger partial charge in [-0.1, -0.05) is 0 Å². The van der Waals surface area contributed by atoms with E-state index in [1.165, 1.54) is 0 Å². The number of pyridine rings is 1. The molecule has 130 valence electrons. The van der Waals surface area contributed by atoms with Gasteiger partial charge in [0.25, 0.3) is 0 Å². The van der Waals surface area contributed by atoms with Crippen LogP contribution in [0.15, 0.2) is 61.2 Å². The van der Waals surface area contributed by atoms with Gasteiger partial charge in [-0.2, -0.15) is 0 Å². The van der Waals surface area contributed by atoms with Gasteiger partial charge in [0.15, 0.2) is 0 Å². The normalized spacial score (nSPS) is 11.9. The van der Waals surface area contributed by atoms with Gasteiger partial charge in [0.1, 0.15) is 30.0 Å². The van der Waals surface area contributed by atoms with Gasteiger partial charge in [-0.15, -0.1) is 0 Å². The second-order valence-electron chi connectivity index (χ2n) is 5.51. The molecular weight excluding hydrogens is 318 g/mol. The number of hydrogen-bond donors (Lipinski definition) is 1. The Kier molecular flexibility index (Phi) is 5.64. The number of imidazole rings is 1. The van der Waals surface area contributed by atoms with Gasteiger partial charge in [-0.25, -0.2) is 4.98 Å². The summed E-state index contributed by atoms with van der Waals surface area (Å²) in [5, 5.41) is 10.3. The molecule has 1 unspecified atom stereocenters. The molecule has 25 heavy (non-hydrogen) atoms. The molecule has 0 bridgehead atoms. The first-order valence-electron chi connectivity index (χ1n) is 8.21. The summed E-state index contributed by atoms with van der Waals surface area (Å²) in [6.45, 7) is 3.15. The summed E-state index contributed by atoms with van der Waals surface area (Å²) in [4.78, 5) is 8.45. The van der Waals surface area contributed by atoms with Crippen molar-refractivity contribution in [1.29, 1.82) is 0 Å². The van der Waals surface area contributed by atoms with E-state index in [4.69, 9.17) is 9.47 Å². The zero-order valence-corrected chi connectivity index (χ0v) is 14.1. The number of benzene rings is 1. The highest BCUT2D eigenvalue weighted by Crippen LogP contribution is 2.19. The van der Waals surface area contributed by atoms with Crippen molar-refractivity contribution in [3.8, 4) is 22.9 Å². The van der Waals surface area contributed by atoms with Crippen LogP contribution in [0.5, 0.6) is 11.5 Å². The molecular formula is C19H21N3O3. The highest BCUT2D eigenvalue weighted by molar-refractivity contribution is 5.53. The third-order valence-electron chi connectivity index (χ3n) is 3.62. The Morgan fingerprint density at radius 3 is 2.52 bits per heavy atom. The minimum atomic E-state index is -0.656. The van der Waals surface area contributed by atoms with Crippen molar-refractivity contribution in [3.63, 3.8) is 0 Å². The van der Waals surface area contributed by atoms with E-state index in [1.807, 2.05) is 54.1 Å². The molecule has 0 amide bonds. The standard InChI is InChI=1S/C19H21N3O3/c1-2-24-17-5-7-18(8-6-17)25-14-16(23)13-22-11-10-21-19(22)15-4-3-9-20-12-15/h3-12,16,23H,2,13-14H2,1H3. The van der Waals surface area contributed by atoms with E-state index >= 15 is 0 Å². The summed E-state index contributed by atoms with van der Waals surface area (Å²) in [6.07, 6.45) is 6.36. The Morgan fingerprint density at radius 2 is 1.84 bits per heavy atom. The van der Waals surface area contributed by atoms with Crippen molar-refractivity contribution in [2.75, 3.05) is 13.2 Å². The molecule has 3 aromatic rings. The van der Waals surface area contributed by atoms with E-state index in [0.717, 1.165) is 17.1 Å². The number of aliphatic hydroxyl groups excluding tert-OH is 1. The smallest absolute Gasteiger partial charge is 0.141 e. The van der Waals surface area contributed by atoms with E-state index < -0.39 is 6.10 Å². The van der Waals surface area contributed by atoms with Crippen LogP contribution in [0.25, 0.3) is 11.4 Å². The van der Waals surface area contributed by atoms with Gasteiger partial charge < -0.3 is 19.1 Å².